The summed E-state index contributed by atoms with van der Waals surface area (Å²) < 4.78 is 1.15. The highest BCUT2D eigenvalue weighted by molar-refractivity contribution is 8.00. The van der Waals surface area contributed by atoms with Crippen LogP contribution >= 0.6 is 23.1 Å². The quantitative estimate of drug-likeness (QED) is 0.379. The molecule has 0 unspecified atom stereocenters. The summed E-state index contributed by atoms with van der Waals surface area (Å²) in [7, 11) is 0. The van der Waals surface area contributed by atoms with E-state index in [1.165, 1.54) is 10.4 Å². The number of ketones is 1. The van der Waals surface area contributed by atoms with Crippen LogP contribution in [0.25, 0.3) is 0 Å². The van der Waals surface area contributed by atoms with Gasteiger partial charge in [0.15, 0.2) is 5.78 Å². The SMILES string of the molecule is CSc1sc(C)cc1[C@H]1C(C(=O)Nc2ccccc2)=C(C)NC2=C1C(=O)C[C@@H](c1ccccc1)C2. The van der Waals surface area contributed by atoms with Crippen LogP contribution in [0.3, 0.4) is 0 Å². The standard InChI is InChI=1S/C29H28N2O2S2/c1-17-14-22(29(34-3)35-17)26-25(28(33)31-21-12-8-5-9-13-21)18(2)30-23-15-20(16-24(32)27(23)26)19-10-6-4-7-11-19/h4-14,20,26,30H,15-16H2,1-3H3,(H,31,33)/t20-,26-/m0/s1. The smallest absolute Gasteiger partial charge is 0.254 e. The number of para-hydroxylation sites is 1. The second-order valence-corrected chi connectivity index (χ2v) is 11.4. The number of hydrogen-bond acceptors (Lipinski definition) is 5. The largest absolute Gasteiger partial charge is 0.362 e. The van der Waals surface area contributed by atoms with Gasteiger partial charge in [-0.2, -0.15) is 0 Å². The van der Waals surface area contributed by atoms with Gasteiger partial charge in [-0.05, 0) is 61.8 Å². The van der Waals surface area contributed by atoms with Crippen LogP contribution in [0.5, 0.6) is 0 Å². The number of benzene rings is 2. The van der Waals surface area contributed by atoms with Crippen molar-refractivity contribution in [2.75, 3.05) is 11.6 Å². The van der Waals surface area contributed by atoms with Gasteiger partial charge in [0.1, 0.15) is 0 Å². The fraction of sp³-hybridized carbons (Fsp3) is 0.241. The number of thiophene rings is 1. The van der Waals surface area contributed by atoms with E-state index in [1.807, 2.05) is 55.5 Å². The molecule has 0 saturated heterocycles. The number of thioether (sulfide) groups is 1. The predicted octanol–water partition coefficient (Wildman–Crippen LogP) is 6.78. The number of aryl methyl sites for hydroxylation is 1. The Labute approximate surface area is 214 Å². The second-order valence-electron chi connectivity index (χ2n) is 9.05. The van der Waals surface area contributed by atoms with E-state index in [0.717, 1.165) is 38.8 Å². The van der Waals surface area contributed by atoms with E-state index >= 15 is 0 Å². The lowest BCUT2D eigenvalue weighted by Crippen LogP contribution is -2.37. The number of carbonyl (C=O) groups is 2. The fourth-order valence-electron chi connectivity index (χ4n) is 5.21. The zero-order chi connectivity index (χ0) is 24.5. The van der Waals surface area contributed by atoms with Gasteiger partial charge in [-0.25, -0.2) is 0 Å². The number of carbonyl (C=O) groups excluding carboxylic acids is 2. The molecule has 2 atom stereocenters. The molecule has 3 aromatic rings. The normalized spacial score (nSPS) is 19.9. The summed E-state index contributed by atoms with van der Waals surface area (Å²) in [5.74, 6) is -0.309. The van der Waals surface area contributed by atoms with Crippen molar-refractivity contribution < 1.29 is 9.59 Å². The number of rotatable bonds is 5. The number of Topliss-reactive ketones (excluding diaryl/α,β-unsaturated/α-hetero) is 1. The van der Waals surface area contributed by atoms with E-state index in [2.05, 4.69) is 42.0 Å². The topological polar surface area (TPSA) is 58.2 Å². The zero-order valence-corrected chi connectivity index (χ0v) is 21.7. The molecule has 6 heteroatoms. The zero-order valence-electron chi connectivity index (χ0n) is 20.1. The highest BCUT2D eigenvalue weighted by Gasteiger charge is 2.42. The first-order valence-corrected chi connectivity index (χ1v) is 13.8. The molecule has 0 radical (unpaired) electrons. The van der Waals surface area contributed by atoms with E-state index in [-0.39, 0.29) is 23.5 Å². The van der Waals surface area contributed by atoms with Gasteiger partial charge in [-0.3, -0.25) is 9.59 Å². The molecule has 35 heavy (non-hydrogen) atoms. The minimum absolute atomic E-state index is 0.117. The molecule has 2 N–H and O–H groups in total. The third kappa shape index (κ3) is 4.60. The van der Waals surface area contributed by atoms with Gasteiger partial charge in [0.2, 0.25) is 0 Å². The van der Waals surface area contributed by atoms with Crippen LogP contribution in [0, 0.1) is 6.92 Å². The van der Waals surface area contributed by atoms with Crippen molar-refractivity contribution in [3.8, 4) is 0 Å². The summed E-state index contributed by atoms with van der Waals surface area (Å²) in [4.78, 5) is 28.6. The third-order valence-electron chi connectivity index (χ3n) is 6.72. The van der Waals surface area contributed by atoms with Gasteiger partial charge in [0.25, 0.3) is 5.91 Å². The second kappa shape index (κ2) is 9.88. The van der Waals surface area contributed by atoms with Gasteiger partial charge >= 0.3 is 0 Å². The molecule has 1 aliphatic heterocycles. The van der Waals surface area contributed by atoms with Crippen molar-refractivity contribution in [1.29, 1.82) is 0 Å². The van der Waals surface area contributed by atoms with E-state index in [9.17, 15) is 9.59 Å². The molecule has 0 saturated carbocycles. The summed E-state index contributed by atoms with van der Waals surface area (Å²) in [6.45, 7) is 4.03. The molecule has 2 aromatic carbocycles. The Morgan fingerprint density at radius 1 is 1.03 bits per heavy atom. The first-order valence-electron chi connectivity index (χ1n) is 11.8. The van der Waals surface area contributed by atoms with Crippen molar-refractivity contribution in [3.63, 3.8) is 0 Å². The van der Waals surface area contributed by atoms with E-state index < -0.39 is 0 Å². The van der Waals surface area contributed by atoms with Crippen LogP contribution in [0.1, 0.15) is 47.6 Å². The van der Waals surface area contributed by atoms with Crippen molar-refractivity contribution in [2.45, 2.75) is 42.7 Å². The Kier molecular flexibility index (Phi) is 6.67. The number of dihydropyridines is 1. The summed E-state index contributed by atoms with van der Waals surface area (Å²) in [6.07, 6.45) is 3.26. The average molecular weight is 501 g/mol. The average Bonchev–Trinajstić information content (AvgIpc) is 3.24. The molecular weight excluding hydrogens is 472 g/mol. The minimum Gasteiger partial charge on any atom is -0.362 e. The van der Waals surface area contributed by atoms with E-state index in [1.54, 1.807) is 23.1 Å². The summed E-state index contributed by atoms with van der Waals surface area (Å²) >= 11 is 3.40. The first-order chi connectivity index (χ1) is 17.0. The monoisotopic (exact) mass is 500 g/mol. The van der Waals surface area contributed by atoms with E-state index in [0.29, 0.717) is 12.0 Å². The van der Waals surface area contributed by atoms with E-state index in [4.69, 9.17) is 0 Å². The van der Waals surface area contributed by atoms with Crippen molar-refractivity contribution in [1.82, 2.24) is 5.32 Å². The lowest BCUT2D eigenvalue weighted by Gasteiger charge is -2.37. The lowest BCUT2D eigenvalue weighted by atomic mass is 9.72. The Hall–Kier alpha value is -3.09. The van der Waals surface area contributed by atoms with Crippen LogP contribution in [-0.4, -0.2) is 17.9 Å². The van der Waals surface area contributed by atoms with Gasteiger partial charge in [-0.1, -0.05) is 48.5 Å². The fourth-order valence-corrected chi connectivity index (χ4v) is 7.12. The molecular formula is C29H28N2O2S2. The molecule has 2 aliphatic rings. The van der Waals surface area contributed by atoms with Crippen LogP contribution in [0.15, 0.2) is 93.5 Å². The lowest BCUT2D eigenvalue weighted by molar-refractivity contribution is -0.116. The van der Waals surface area contributed by atoms with Gasteiger partial charge in [-0.15, -0.1) is 23.1 Å². The Morgan fingerprint density at radius 3 is 2.40 bits per heavy atom. The third-order valence-corrected chi connectivity index (χ3v) is 8.94. The van der Waals surface area contributed by atoms with Gasteiger partial charge in [0, 0.05) is 45.4 Å². The maximum absolute atomic E-state index is 13.8. The Morgan fingerprint density at radius 2 is 1.71 bits per heavy atom. The molecule has 0 bridgehead atoms. The maximum Gasteiger partial charge on any atom is 0.254 e. The van der Waals surface area contributed by atoms with Crippen LogP contribution in [0.4, 0.5) is 5.69 Å². The number of amides is 1. The van der Waals surface area contributed by atoms with Gasteiger partial charge < -0.3 is 10.6 Å². The molecule has 1 amide bonds. The van der Waals surface area contributed by atoms with Crippen LogP contribution in [-0.2, 0) is 9.59 Å². The number of allylic oxidation sites excluding steroid dienone is 3. The van der Waals surface area contributed by atoms with Crippen LogP contribution in [0.2, 0.25) is 0 Å². The molecule has 178 valence electrons. The molecule has 0 fully saturated rings. The minimum atomic E-state index is -0.383. The molecule has 1 aromatic heterocycles. The van der Waals surface area contributed by atoms with Gasteiger partial charge in [0.05, 0.1) is 4.21 Å². The highest BCUT2D eigenvalue weighted by atomic mass is 32.2. The summed E-state index contributed by atoms with van der Waals surface area (Å²) in [5, 5.41) is 6.54. The highest BCUT2D eigenvalue weighted by Crippen LogP contribution is 2.49. The summed E-state index contributed by atoms with van der Waals surface area (Å²) in [5.41, 5.74) is 6.09. The number of nitrogens with one attached hydrogen (secondary N) is 2. The molecule has 0 spiro atoms. The maximum atomic E-state index is 13.8. The Balaban J connectivity index is 1.60. The first kappa shape index (κ1) is 23.6. The number of anilines is 1. The molecule has 5 rings (SSSR count). The molecule has 2 heterocycles. The molecule has 1 aliphatic carbocycles. The Bertz CT molecular complexity index is 1340. The molecule has 4 nitrogen and oxygen atoms in total. The predicted molar refractivity (Wildman–Crippen MR) is 145 cm³/mol. The van der Waals surface area contributed by atoms with Crippen molar-refractivity contribution in [3.05, 3.63) is 105 Å². The number of hydrogen-bond donors (Lipinski definition) is 2. The van der Waals surface area contributed by atoms with Crippen LogP contribution < -0.4 is 10.6 Å². The summed E-state index contributed by atoms with van der Waals surface area (Å²) in [6, 6.07) is 21.9. The van der Waals surface area contributed by atoms with Crippen molar-refractivity contribution in [2.24, 2.45) is 0 Å². The van der Waals surface area contributed by atoms with Crippen molar-refractivity contribution >= 4 is 40.5 Å².